The molecule has 0 amide bonds. The molecule has 0 saturated carbocycles. The molecule has 1 rings (SSSR count). The standard InChI is InChI=1S/C9H10FNO5S/c1-5(9(13)14)17(15,16)11-6-2-3-8(12)7(10)4-6/h2-5,11-12H,1H3,(H,13,14). The Kier molecular flexibility index (Phi) is 3.56. The molecule has 1 unspecified atom stereocenters. The van der Waals surface area contributed by atoms with E-state index in [-0.39, 0.29) is 5.69 Å². The molecular formula is C9H10FNO5S. The SMILES string of the molecule is CC(C(=O)O)S(=O)(=O)Nc1ccc(O)c(F)c1. The van der Waals surface area contributed by atoms with Gasteiger partial charge in [0.1, 0.15) is 0 Å². The van der Waals surface area contributed by atoms with E-state index in [1.807, 2.05) is 4.72 Å². The Morgan fingerprint density at radius 3 is 2.53 bits per heavy atom. The number of carboxylic acids is 1. The molecule has 3 N–H and O–H groups in total. The van der Waals surface area contributed by atoms with Crippen molar-refractivity contribution in [3.8, 4) is 5.75 Å². The van der Waals surface area contributed by atoms with Gasteiger partial charge in [-0.15, -0.1) is 0 Å². The summed E-state index contributed by atoms with van der Waals surface area (Å²) in [6.07, 6.45) is 0. The van der Waals surface area contributed by atoms with Crippen LogP contribution in [0.3, 0.4) is 0 Å². The minimum atomic E-state index is -4.14. The number of carbonyl (C=O) groups is 1. The van der Waals surface area contributed by atoms with Gasteiger partial charge in [-0.1, -0.05) is 0 Å². The van der Waals surface area contributed by atoms with E-state index >= 15 is 0 Å². The first-order valence-corrected chi connectivity index (χ1v) is 6.01. The Morgan fingerprint density at radius 1 is 1.47 bits per heavy atom. The summed E-state index contributed by atoms with van der Waals surface area (Å²) < 4.78 is 37.7. The van der Waals surface area contributed by atoms with Gasteiger partial charge in [-0.2, -0.15) is 0 Å². The highest BCUT2D eigenvalue weighted by Crippen LogP contribution is 2.20. The van der Waals surface area contributed by atoms with Crippen LogP contribution in [-0.4, -0.2) is 29.9 Å². The fourth-order valence-corrected chi connectivity index (χ4v) is 1.85. The van der Waals surface area contributed by atoms with Crippen molar-refractivity contribution in [2.45, 2.75) is 12.2 Å². The lowest BCUT2D eigenvalue weighted by Crippen LogP contribution is -2.32. The molecule has 0 aromatic heterocycles. The topological polar surface area (TPSA) is 104 Å². The minimum Gasteiger partial charge on any atom is -0.505 e. The van der Waals surface area contributed by atoms with Crippen LogP contribution in [0.2, 0.25) is 0 Å². The zero-order chi connectivity index (χ0) is 13.2. The number of aliphatic carboxylic acids is 1. The van der Waals surface area contributed by atoms with Gasteiger partial charge in [0.2, 0.25) is 10.0 Å². The van der Waals surface area contributed by atoms with Crippen molar-refractivity contribution in [2.75, 3.05) is 4.72 Å². The van der Waals surface area contributed by atoms with Crippen LogP contribution in [0, 0.1) is 5.82 Å². The molecule has 0 radical (unpaired) electrons. The Balaban J connectivity index is 2.98. The summed E-state index contributed by atoms with van der Waals surface area (Å²) in [5, 5.41) is 15.8. The van der Waals surface area contributed by atoms with Gasteiger partial charge in [-0.25, -0.2) is 12.8 Å². The first kappa shape index (κ1) is 13.2. The van der Waals surface area contributed by atoms with Crippen LogP contribution in [0.5, 0.6) is 5.75 Å². The zero-order valence-electron chi connectivity index (χ0n) is 8.71. The maximum Gasteiger partial charge on any atom is 0.323 e. The number of halogens is 1. The average Bonchev–Trinajstić information content (AvgIpc) is 2.22. The third-order valence-corrected chi connectivity index (χ3v) is 3.67. The van der Waals surface area contributed by atoms with Gasteiger partial charge in [-0.3, -0.25) is 9.52 Å². The van der Waals surface area contributed by atoms with Gasteiger partial charge < -0.3 is 10.2 Å². The number of phenolic OH excluding ortho intramolecular Hbond substituents is 1. The maximum atomic E-state index is 12.9. The summed E-state index contributed by atoms with van der Waals surface area (Å²) in [5.74, 6) is -3.15. The number of benzene rings is 1. The summed E-state index contributed by atoms with van der Waals surface area (Å²) in [6.45, 7) is 0.988. The molecule has 8 heteroatoms. The number of hydrogen-bond donors (Lipinski definition) is 3. The van der Waals surface area contributed by atoms with E-state index in [0.717, 1.165) is 25.1 Å². The van der Waals surface area contributed by atoms with Crippen LogP contribution in [-0.2, 0) is 14.8 Å². The van der Waals surface area contributed by atoms with E-state index in [1.54, 1.807) is 0 Å². The summed E-state index contributed by atoms with van der Waals surface area (Å²) >= 11 is 0. The van der Waals surface area contributed by atoms with Crippen LogP contribution in [0.1, 0.15) is 6.92 Å². The molecule has 17 heavy (non-hydrogen) atoms. The number of nitrogens with one attached hydrogen (secondary N) is 1. The smallest absolute Gasteiger partial charge is 0.323 e. The molecule has 0 fully saturated rings. The van der Waals surface area contributed by atoms with Crippen LogP contribution in [0.15, 0.2) is 18.2 Å². The molecule has 1 atom stereocenters. The van der Waals surface area contributed by atoms with Gasteiger partial charge in [-0.05, 0) is 19.1 Å². The van der Waals surface area contributed by atoms with Crippen molar-refractivity contribution in [1.29, 1.82) is 0 Å². The van der Waals surface area contributed by atoms with Gasteiger partial charge in [0.15, 0.2) is 16.8 Å². The summed E-state index contributed by atoms with van der Waals surface area (Å²) in [7, 11) is -4.14. The number of aromatic hydroxyl groups is 1. The van der Waals surface area contributed by atoms with Crippen LogP contribution < -0.4 is 4.72 Å². The first-order valence-electron chi connectivity index (χ1n) is 4.47. The molecule has 0 bridgehead atoms. The fourth-order valence-electron chi connectivity index (χ4n) is 0.956. The lowest BCUT2D eigenvalue weighted by atomic mass is 10.3. The van der Waals surface area contributed by atoms with Crippen LogP contribution in [0.25, 0.3) is 0 Å². The lowest BCUT2D eigenvalue weighted by Gasteiger charge is -2.11. The second kappa shape index (κ2) is 4.58. The highest BCUT2D eigenvalue weighted by Gasteiger charge is 2.27. The Morgan fingerprint density at radius 2 is 2.06 bits per heavy atom. The molecule has 0 aliphatic heterocycles. The Hall–Kier alpha value is -1.83. The molecule has 1 aromatic carbocycles. The molecule has 0 heterocycles. The monoisotopic (exact) mass is 263 g/mol. The van der Waals surface area contributed by atoms with Gasteiger partial charge in [0.25, 0.3) is 0 Å². The predicted octanol–water partition coefficient (Wildman–Crippen LogP) is 0.746. The number of sulfonamides is 1. The number of rotatable bonds is 4. The van der Waals surface area contributed by atoms with Crippen molar-refractivity contribution in [3.63, 3.8) is 0 Å². The fraction of sp³-hybridized carbons (Fsp3) is 0.222. The second-order valence-corrected chi connectivity index (χ2v) is 5.29. The van der Waals surface area contributed by atoms with Crippen LogP contribution >= 0.6 is 0 Å². The highest BCUT2D eigenvalue weighted by molar-refractivity contribution is 7.94. The highest BCUT2D eigenvalue weighted by atomic mass is 32.2. The number of carboxylic acid groups (broad SMARTS) is 1. The summed E-state index contributed by atoms with van der Waals surface area (Å²) in [4.78, 5) is 10.5. The summed E-state index contributed by atoms with van der Waals surface area (Å²) in [5.41, 5.74) is -0.159. The van der Waals surface area contributed by atoms with Crippen molar-refractivity contribution in [2.24, 2.45) is 0 Å². The average molecular weight is 263 g/mol. The second-order valence-electron chi connectivity index (χ2n) is 3.29. The molecular weight excluding hydrogens is 253 g/mol. The van der Waals surface area contributed by atoms with E-state index < -0.39 is 32.8 Å². The Labute approximate surface area is 96.8 Å². The minimum absolute atomic E-state index is 0.159. The van der Waals surface area contributed by atoms with Gasteiger partial charge in [0, 0.05) is 6.07 Å². The number of hydrogen-bond acceptors (Lipinski definition) is 4. The summed E-state index contributed by atoms with van der Waals surface area (Å²) in [6, 6.07) is 2.82. The van der Waals surface area contributed by atoms with Crippen molar-refractivity contribution in [3.05, 3.63) is 24.0 Å². The first-order chi connectivity index (χ1) is 7.74. The van der Waals surface area contributed by atoms with E-state index in [4.69, 9.17) is 10.2 Å². The zero-order valence-corrected chi connectivity index (χ0v) is 9.53. The number of anilines is 1. The molecule has 0 spiro atoms. The van der Waals surface area contributed by atoms with Gasteiger partial charge in [0.05, 0.1) is 5.69 Å². The van der Waals surface area contributed by atoms with Gasteiger partial charge >= 0.3 is 5.97 Å². The molecule has 1 aromatic rings. The third-order valence-electron chi connectivity index (χ3n) is 2.02. The maximum absolute atomic E-state index is 12.9. The largest absolute Gasteiger partial charge is 0.505 e. The van der Waals surface area contributed by atoms with Crippen molar-refractivity contribution in [1.82, 2.24) is 0 Å². The van der Waals surface area contributed by atoms with Crippen LogP contribution in [0.4, 0.5) is 10.1 Å². The third kappa shape index (κ3) is 3.06. The van der Waals surface area contributed by atoms with Crippen molar-refractivity contribution >= 4 is 21.7 Å². The Bertz CT molecular complexity index is 542. The van der Waals surface area contributed by atoms with E-state index in [2.05, 4.69) is 0 Å². The molecule has 0 aliphatic rings. The van der Waals surface area contributed by atoms with Crippen molar-refractivity contribution < 1.29 is 27.8 Å². The van der Waals surface area contributed by atoms with E-state index in [1.165, 1.54) is 0 Å². The van der Waals surface area contributed by atoms with E-state index in [0.29, 0.717) is 0 Å². The number of phenols is 1. The molecule has 0 saturated heterocycles. The molecule has 0 aliphatic carbocycles. The predicted molar refractivity (Wildman–Crippen MR) is 57.7 cm³/mol. The van der Waals surface area contributed by atoms with E-state index in [9.17, 15) is 17.6 Å². The quantitative estimate of drug-likeness (QED) is 0.695. The normalized spacial score (nSPS) is 13.1. The molecule has 6 nitrogen and oxygen atoms in total. The lowest BCUT2D eigenvalue weighted by molar-refractivity contribution is -0.136. The molecule has 94 valence electrons.